The fourth-order valence-electron chi connectivity index (χ4n) is 5.15. The van der Waals surface area contributed by atoms with Gasteiger partial charge in [0.15, 0.2) is 0 Å². The Morgan fingerprint density at radius 3 is 1.56 bits per heavy atom. The molecular formula is C32H63ClN6O6. The highest BCUT2D eigenvalue weighted by Crippen LogP contribution is 2.20. The number of nitrogens with one attached hydrogen (secondary N) is 3. The van der Waals surface area contributed by atoms with Gasteiger partial charge in [0.05, 0.1) is 0 Å². The smallest absolute Gasteiger partial charge is 0.410 e. The number of halogens is 1. The highest BCUT2D eigenvalue weighted by molar-refractivity contribution is 5.85. The third-order valence-corrected chi connectivity index (χ3v) is 7.35. The van der Waals surface area contributed by atoms with Crippen LogP contribution in [-0.2, 0) is 19.1 Å². The molecule has 0 aromatic heterocycles. The predicted molar refractivity (Wildman–Crippen MR) is 180 cm³/mol. The maximum absolute atomic E-state index is 11.9. The molecule has 5 N–H and O–H groups in total. The highest BCUT2D eigenvalue weighted by atomic mass is 35.5. The van der Waals surface area contributed by atoms with Gasteiger partial charge in [0.2, 0.25) is 11.8 Å². The zero-order valence-electron chi connectivity index (χ0n) is 29.2. The van der Waals surface area contributed by atoms with Crippen LogP contribution >= 0.6 is 12.4 Å². The summed E-state index contributed by atoms with van der Waals surface area (Å²) in [6, 6.07) is 0. The third-order valence-electron chi connectivity index (χ3n) is 7.35. The Kier molecular flexibility index (Phi) is 20.4. The molecule has 0 unspecified atom stereocenters. The fourth-order valence-corrected chi connectivity index (χ4v) is 5.15. The Labute approximate surface area is 278 Å². The molecule has 3 rings (SSSR count). The van der Waals surface area contributed by atoms with Gasteiger partial charge in [-0.2, -0.15) is 0 Å². The summed E-state index contributed by atoms with van der Waals surface area (Å²) in [5.41, 5.74) is 4.75. The second-order valence-corrected chi connectivity index (χ2v) is 14.2. The number of carbonyl (C=O) groups excluding carboxylic acids is 4. The Bertz CT molecular complexity index is 888. The minimum atomic E-state index is -0.457. The summed E-state index contributed by atoms with van der Waals surface area (Å²) >= 11 is 0. The van der Waals surface area contributed by atoms with Crippen molar-refractivity contribution in [1.29, 1.82) is 0 Å². The molecular weight excluding hydrogens is 600 g/mol. The van der Waals surface area contributed by atoms with E-state index in [0.29, 0.717) is 37.4 Å². The Hall–Kier alpha value is -2.31. The van der Waals surface area contributed by atoms with Gasteiger partial charge in [0, 0.05) is 53.1 Å². The summed E-state index contributed by atoms with van der Waals surface area (Å²) in [7, 11) is 0. The largest absolute Gasteiger partial charge is 0.444 e. The van der Waals surface area contributed by atoms with E-state index in [-0.39, 0.29) is 36.4 Å². The van der Waals surface area contributed by atoms with Crippen molar-refractivity contribution in [3.05, 3.63) is 0 Å². The van der Waals surface area contributed by atoms with Crippen LogP contribution in [0.4, 0.5) is 9.59 Å². The van der Waals surface area contributed by atoms with Crippen LogP contribution < -0.4 is 21.7 Å². The van der Waals surface area contributed by atoms with Crippen molar-refractivity contribution in [3.8, 4) is 0 Å². The SMILES string of the molecule is CC(=O)NC[C@@H]1CCCN(C(=O)OC(C)(C)C)C1.CC(=O)NC[C@@H]1CCCNC1.CC(C)(C)OC(=O)N1CCC[C@@H](CN)C1.Cl. The molecule has 0 saturated carbocycles. The Morgan fingerprint density at radius 1 is 0.733 bits per heavy atom. The minimum Gasteiger partial charge on any atom is -0.444 e. The van der Waals surface area contributed by atoms with Gasteiger partial charge in [-0.15, -0.1) is 12.4 Å². The number of likely N-dealkylation sites (tertiary alicyclic amines) is 2. The maximum Gasteiger partial charge on any atom is 0.410 e. The van der Waals surface area contributed by atoms with Gasteiger partial charge < -0.3 is 41.0 Å². The summed E-state index contributed by atoms with van der Waals surface area (Å²) in [6.07, 6.45) is 6.17. The molecule has 3 aliphatic rings. The number of piperidine rings is 3. The number of carbonyl (C=O) groups is 4. The minimum absolute atomic E-state index is 0. The molecule has 3 saturated heterocycles. The number of nitrogens with two attached hydrogens (primary N) is 1. The first kappa shape index (κ1) is 42.7. The van der Waals surface area contributed by atoms with Crippen molar-refractivity contribution in [2.75, 3.05) is 58.9 Å². The average molecular weight is 663 g/mol. The van der Waals surface area contributed by atoms with Crippen LogP contribution in [0.3, 0.4) is 0 Å². The van der Waals surface area contributed by atoms with Crippen LogP contribution in [0, 0.1) is 17.8 Å². The van der Waals surface area contributed by atoms with Crippen LogP contribution in [0.1, 0.15) is 93.9 Å². The molecule has 0 aliphatic carbocycles. The molecule has 0 radical (unpaired) electrons. The van der Waals surface area contributed by atoms with Gasteiger partial charge in [-0.3, -0.25) is 9.59 Å². The molecule has 0 spiro atoms. The van der Waals surface area contributed by atoms with Gasteiger partial charge >= 0.3 is 12.2 Å². The van der Waals surface area contributed by atoms with E-state index in [1.54, 1.807) is 16.7 Å². The number of ether oxygens (including phenoxy) is 2. The standard InChI is InChI=1S/C13H24N2O3.C11H22N2O2.C8H16N2O.ClH/c1-10(16)14-8-11-6-5-7-15(9-11)12(17)18-13(2,3)4;1-11(2,3)15-10(14)13-6-4-5-9(7-12)8-13;1-7(11)10-6-8-3-2-4-9-5-8;/h11H,5-9H2,1-4H3,(H,14,16);9H,4-8,12H2,1-3H3;8-9H,2-6H2,1H3,(H,10,11);1H/t11-;9-;8-;/m001./s1. The van der Waals surface area contributed by atoms with Crippen molar-refractivity contribution in [1.82, 2.24) is 25.8 Å². The van der Waals surface area contributed by atoms with Gasteiger partial charge in [-0.1, -0.05) is 0 Å². The van der Waals surface area contributed by atoms with Gasteiger partial charge in [0.25, 0.3) is 0 Å². The molecule has 3 heterocycles. The lowest BCUT2D eigenvalue weighted by Gasteiger charge is -2.34. The number of hydrogen-bond acceptors (Lipinski definition) is 8. The lowest BCUT2D eigenvalue weighted by atomic mass is 9.98. The topological polar surface area (TPSA) is 155 Å². The van der Waals surface area contributed by atoms with E-state index in [1.807, 2.05) is 41.5 Å². The molecule has 3 aliphatic heterocycles. The van der Waals surface area contributed by atoms with Crippen molar-refractivity contribution in [2.45, 2.75) is 105 Å². The Balaban J connectivity index is 0.000000656. The molecule has 264 valence electrons. The van der Waals surface area contributed by atoms with E-state index in [2.05, 4.69) is 16.0 Å². The number of rotatable bonds is 5. The zero-order chi connectivity index (χ0) is 33.3. The Morgan fingerprint density at radius 2 is 1.16 bits per heavy atom. The molecule has 3 fully saturated rings. The average Bonchev–Trinajstić information content (AvgIpc) is 2.94. The van der Waals surface area contributed by atoms with Crippen LogP contribution in [0.2, 0.25) is 0 Å². The lowest BCUT2D eigenvalue weighted by molar-refractivity contribution is -0.120. The van der Waals surface area contributed by atoms with Crippen molar-refractivity contribution < 1.29 is 28.7 Å². The summed E-state index contributed by atoms with van der Waals surface area (Å²) in [5.74, 6) is 1.47. The summed E-state index contributed by atoms with van der Waals surface area (Å²) in [4.78, 5) is 48.6. The van der Waals surface area contributed by atoms with E-state index in [9.17, 15) is 19.2 Å². The van der Waals surface area contributed by atoms with Crippen molar-refractivity contribution in [2.24, 2.45) is 23.5 Å². The van der Waals surface area contributed by atoms with E-state index < -0.39 is 11.2 Å². The molecule has 45 heavy (non-hydrogen) atoms. The van der Waals surface area contributed by atoms with Gasteiger partial charge in [-0.25, -0.2) is 9.59 Å². The molecule has 0 aromatic carbocycles. The first-order valence-electron chi connectivity index (χ1n) is 16.3. The monoisotopic (exact) mass is 662 g/mol. The van der Waals surface area contributed by atoms with E-state index in [4.69, 9.17) is 15.2 Å². The lowest BCUT2D eigenvalue weighted by Crippen LogP contribution is -2.45. The quantitative estimate of drug-likeness (QED) is 0.346. The van der Waals surface area contributed by atoms with Crippen LogP contribution in [0.25, 0.3) is 0 Å². The third kappa shape index (κ3) is 21.2. The maximum atomic E-state index is 11.9. The van der Waals surface area contributed by atoms with Crippen LogP contribution in [0.15, 0.2) is 0 Å². The molecule has 0 aromatic rings. The first-order chi connectivity index (χ1) is 20.5. The molecule has 12 nitrogen and oxygen atoms in total. The molecule has 13 heteroatoms. The van der Waals surface area contributed by atoms with Crippen molar-refractivity contribution >= 4 is 36.4 Å². The van der Waals surface area contributed by atoms with Crippen LogP contribution in [-0.4, -0.2) is 104 Å². The van der Waals surface area contributed by atoms with Crippen molar-refractivity contribution in [3.63, 3.8) is 0 Å². The van der Waals surface area contributed by atoms with E-state index >= 15 is 0 Å². The van der Waals surface area contributed by atoms with E-state index in [1.165, 1.54) is 19.8 Å². The number of amides is 4. The number of nitrogens with zero attached hydrogens (tertiary/aromatic N) is 2. The van der Waals surface area contributed by atoms with E-state index in [0.717, 1.165) is 65.0 Å². The highest BCUT2D eigenvalue weighted by Gasteiger charge is 2.28. The second kappa shape index (κ2) is 21.5. The first-order valence-corrected chi connectivity index (χ1v) is 16.3. The second-order valence-electron chi connectivity index (χ2n) is 14.2. The molecule has 3 atom stereocenters. The van der Waals surface area contributed by atoms with Gasteiger partial charge in [-0.05, 0) is 117 Å². The molecule has 0 bridgehead atoms. The number of hydrogen-bond donors (Lipinski definition) is 4. The van der Waals surface area contributed by atoms with Crippen LogP contribution in [0.5, 0.6) is 0 Å². The molecule has 4 amide bonds. The normalized spacial score (nSPS) is 21.8. The summed E-state index contributed by atoms with van der Waals surface area (Å²) in [6.45, 7) is 21.6. The van der Waals surface area contributed by atoms with Gasteiger partial charge in [0.1, 0.15) is 11.2 Å². The fraction of sp³-hybridized carbons (Fsp3) is 0.875. The predicted octanol–water partition coefficient (Wildman–Crippen LogP) is 3.91. The summed E-state index contributed by atoms with van der Waals surface area (Å²) in [5, 5.41) is 8.95. The zero-order valence-corrected chi connectivity index (χ0v) is 30.0. The summed E-state index contributed by atoms with van der Waals surface area (Å²) < 4.78 is 10.7.